The molecule has 2 atom stereocenters. The predicted octanol–water partition coefficient (Wildman–Crippen LogP) is 5.09. The van der Waals surface area contributed by atoms with Gasteiger partial charge in [-0.15, -0.1) is 0 Å². The monoisotopic (exact) mass is 509 g/mol. The molecule has 2 unspecified atom stereocenters. The smallest absolute Gasteiger partial charge is 0.328 e. The number of fused-ring (bicyclic) bond motifs is 2. The highest BCUT2D eigenvalue weighted by molar-refractivity contribution is 6.30. The third-order valence-corrected chi connectivity index (χ3v) is 6.70. The van der Waals surface area contributed by atoms with Crippen LogP contribution in [0.5, 0.6) is 17.2 Å². The third-order valence-electron chi connectivity index (χ3n) is 6.45. The molecule has 3 aromatic rings. The molecule has 5 rings (SSSR count). The Morgan fingerprint density at radius 1 is 1.00 bits per heavy atom. The van der Waals surface area contributed by atoms with Gasteiger partial charge < -0.3 is 14.2 Å². The van der Waals surface area contributed by atoms with Gasteiger partial charge in [0.1, 0.15) is 11.9 Å². The zero-order chi connectivity index (χ0) is 25.8. The number of benzene rings is 2. The number of rotatable bonds is 5. The first kappa shape index (κ1) is 24.0. The van der Waals surface area contributed by atoms with Crippen molar-refractivity contribution < 1.29 is 19.0 Å². The summed E-state index contributed by atoms with van der Waals surface area (Å²) in [6.45, 7) is 6.19. The number of carbonyl (C=O) groups is 1. The van der Waals surface area contributed by atoms with Gasteiger partial charge in [-0.3, -0.25) is 10.2 Å². The molecule has 3 heterocycles. The van der Waals surface area contributed by atoms with Crippen LogP contribution >= 0.6 is 11.6 Å². The average molecular weight is 510 g/mol. The van der Waals surface area contributed by atoms with Crippen molar-refractivity contribution in [3.8, 4) is 17.2 Å². The highest BCUT2D eigenvalue weighted by Crippen LogP contribution is 2.48. The number of ether oxygens (including phenoxy) is 3. The van der Waals surface area contributed by atoms with Gasteiger partial charge in [-0.05, 0) is 62.7 Å². The van der Waals surface area contributed by atoms with Crippen molar-refractivity contribution in [1.29, 1.82) is 0 Å². The minimum Gasteiger partial charge on any atom is -0.493 e. The van der Waals surface area contributed by atoms with Gasteiger partial charge in [0.2, 0.25) is 5.75 Å². The fourth-order valence-corrected chi connectivity index (χ4v) is 5.00. The van der Waals surface area contributed by atoms with E-state index in [0.29, 0.717) is 39.6 Å². The fourth-order valence-electron chi connectivity index (χ4n) is 4.88. The van der Waals surface area contributed by atoms with Crippen LogP contribution in [0.1, 0.15) is 37.8 Å². The first-order chi connectivity index (χ1) is 17.2. The molecule has 0 saturated carbocycles. The number of hydrogen-bond acceptors (Lipinski definition) is 6. The third kappa shape index (κ3) is 3.74. The first-order valence-electron chi connectivity index (χ1n) is 11.5. The summed E-state index contributed by atoms with van der Waals surface area (Å²) in [4.78, 5) is 19.9. The van der Waals surface area contributed by atoms with Crippen molar-refractivity contribution >= 4 is 35.0 Å². The van der Waals surface area contributed by atoms with Gasteiger partial charge in [0.15, 0.2) is 17.3 Å². The van der Waals surface area contributed by atoms with Gasteiger partial charge in [-0.2, -0.15) is 5.10 Å². The van der Waals surface area contributed by atoms with Crippen molar-refractivity contribution in [3.63, 3.8) is 0 Å². The van der Waals surface area contributed by atoms with E-state index in [1.54, 1.807) is 38.4 Å². The number of anilines is 1. The molecule has 1 saturated heterocycles. The van der Waals surface area contributed by atoms with Crippen LogP contribution in [0.15, 0.2) is 47.6 Å². The van der Waals surface area contributed by atoms with Gasteiger partial charge in [0.25, 0.3) is 0 Å². The van der Waals surface area contributed by atoms with E-state index in [1.807, 2.05) is 35.1 Å². The molecule has 36 heavy (non-hydrogen) atoms. The molecule has 0 bridgehead atoms. The Morgan fingerprint density at radius 3 is 2.19 bits per heavy atom. The van der Waals surface area contributed by atoms with Crippen molar-refractivity contribution in [3.05, 3.63) is 58.7 Å². The number of amides is 2. The highest BCUT2D eigenvalue weighted by atomic mass is 35.5. The molecule has 9 nitrogen and oxygen atoms in total. The Kier molecular flexibility index (Phi) is 5.83. The molecule has 1 aromatic heterocycles. The van der Waals surface area contributed by atoms with Crippen molar-refractivity contribution in [2.45, 2.75) is 38.3 Å². The summed E-state index contributed by atoms with van der Waals surface area (Å²) in [7, 11) is 4.73. The molecular weight excluding hydrogens is 482 g/mol. The van der Waals surface area contributed by atoms with Crippen LogP contribution in [0.3, 0.4) is 0 Å². The fraction of sp³-hybridized carbons (Fsp3) is 0.346. The Morgan fingerprint density at radius 2 is 1.64 bits per heavy atom. The summed E-state index contributed by atoms with van der Waals surface area (Å²) in [6.07, 6.45) is 1.83. The zero-order valence-corrected chi connectivity index (χ0v) is 21.8. The lowest BCUT2D eigenvalue weighted by molar-refractivity contribution is 0.252. The maximum absolute atomic E-state index is 13.3. The summed E-state index contributed by atoms with van der Waals surface area (Å²) in [5.41, 5.74) is 2.15. The second-order valence-electron chi connectivity index (χ2n) is 9.66. The Hall–Kier alpha value is -3.72. The van der Waals surface area contributed by atoms with E-state index in [0.717, 1.165) is 11.1 Å². The molecule has 0 aliphatic carbocycles. The zero-order valence-electron chi connectivity index (χ0n) is 21.0. The average Bonchev–Trinajstić information content (AvgIpc) is 3.42. The number of urea groups is 1. The number of methoxy groups -OCH3 is 3. The van der Waals surface area contributed by atoms with Crippen molar-refractivity contribution in [2.24, 2.45) is 4.99 Å². The second-order valence-corrected chi connectivity index (χ2v) is 10.1. The van der Waals surface area contributed by atoms with Crippen molar-refractivity contribution in [2.75, 3.05) is 26.2 Å². The summed E-state index contributed by atoms with van der Waals surface area (Å²) >= 11 is 6.13. The maximum Gasteiger partial charge on any atom is 0.328 e. The Bertz CT molecular complexity index is 1330. The van der Waals surface area contributed by atoms with Gasteiger partial charge >= 0.3 is 6.03 Å². The Labute approximate surface area is 214 Å². The minimum atomic E-state index is -0.452. The summed E-state index contributed by atoms with van der Waals surface area (Å²) in [5, 5.41) is 8.27. The van der Waals surface area contributed by atoms with Crippen LogP contribution < -0.4 is 24.4 Å². The van der Waals surface area contributed by atoms with E-state index in [1.165, 1.54) is 0 Å². The highest BCUT2D eigenvalue weighted by Gasteiger charge is 2.48. The first-order valence-corrected chi connectivity index (χ1v) is 11.9. The van der Waals surface area contributed by atoms with Crippen LogP contribution in [0.2, 0.25) is 5.02 Å². The lowest BCUT2D eigenvalue weighted by atomic mass is 9.83. The maximum atomic E-state index is 13.3. The number of amidine groups is 1. The van der Waals surface area contributed by atoms with Crippen LogP contribution in [0.25, 0.3) is 0 Å². The van der Waals surface area contributed by atoms with E-state index in [4.69, 9.17) is 35.9 Å². The van der Waals surface area contributed by atoms with Crippen molar-refractivity contribution in [1.82, 2.24) is 15.1 Å². The lowest BCUT2D eigenvalue weighted by Gasteiger charge is -2.34. The molecule has 2 amide bonds. The molecule has 10 heteroatoms. The molecule has 2 aromatic carbocycles. The molecule has 2 aliphatic rings. The number of aliphatic imine (C=N–C) groups is 1. The standard InChI is InChI=1S/C26H28ClN5O4/c1-26(2,3)32-24-17(13-28-32)20(14-11-18(34-4)22(36-6)19(12-14)35-5)21-23(29-24)30-25(33)31(21)16-9-7-15(27)8-10-16/h7-13,20-21H,1-6H3,(H,29,30,33). The summed E-state index contributed by atoms with van der Waals surface area (Å²) in [5.74, 6) is 2.46. The summed E-state index contributed by atoms with van der Waals surface area (Å²) < 4.78 is 18.7. The van der Waals surface area contributed by atoms with E-state index < -0.39 is 6.04 Å². The van der Waals surface area contributed by atoms with Crippen LogP contribution in [-0.4, -0.2) is 49.0 Å². The van der Waals surface area contributed by atoms with Crippen LogP contribution in [0.4, 0.5) is 16.3 Å². The number of hydrogen-bond donors (Lipinski definition) is 1. The molecular formula is C26H28ClN5O4. The topological polar surface area (TPSA) is 90.2 Å². The van der Waals surface area contributed by atoms with E-state index in [-0.39, 0.29) is 17.5 Å². The largest absolute Gasteiger partial charge is 0.493 e. The minimum absolute atomic E-state index is 0.265. The number of aromatic nitrogens is 2. The lowest BCUT2D eigenvalue weighted by Crippen LogP contribution is -2.42. The molecule has 0 spiro atoms. The Balaban J connectivity index is 1.76. The molecule has 0 radical (unpaired) electrons. The normalized spacial score (nSPS) is 18.8. The van der Waals surface area contributed by atoms with Gasteiger partial charge in [0, 0.05) is 22.2 Å². The number of halogens is 1. The SMILES string of the molecule is COc1cc(C2c3cnn(C(C)(C)C)c3N=C3NC(=O)N(c4ccc(Cl)cc4)C32)cc(OC)c1OC. The van der Waals surface area contributed by atoms with E-state index in [2.05, 4.69) is 26.1 Å². The van der Waals surface area contributed by atoms with Crippen LogP contribution in [0, 0.1) is 0 Å². The van der Waals surface area contributed by atoms with E-state index >= 15 is 0 Å². The number of nitrogens with one attached hydrogen (secondary N) is 1. The van der Waals surface area contributed by atoms with Gasteiger partial charge in [0.05, 0.1) is 33.1 Å². The van der Waals surface area contributed by atoms with Gasteiger partial charge in [-0.1, -0.05) is 11.6 Å². The molecule has 2 aliphatic heterocycles. The van der Waals surface area contributed by atoms with Gasteiger partial charge in [-0.25, -0.2) is 14.5 Å². The molecule has 1 N–H and O–H groups in total. The molecule has 1 fully saturated rings. The predicted molar refractivity (Wildman–Crippen MR) is 139 cm³/mol. The summed E-state index contributed by atoms with van der Waals surface area (Å²) in [6, 6.07) is 10.3. The molecule has 188 valence electrons. The van der Waals surface area contributed by atoms with Crippen LogP contribution in [-0.2, 0) is 5.54 Å². The quantitative estimate of drug-likeness (QED) is 0.517. The number of nitrogens with zero attached hydrogens (tertiary/aromatic N) is 4. The van der Waals surface area contributed by atoms with E-state index in [9.17, 15) is 4.79 Å². The number of carbonyl (C=O) groups excluding carboxylic acids is 1. The second kappa shape index (κ2) is 8.74.